The number of fused-ring (bicyclic) bond motifs is 1. The summed E-state index contributed by atoms with van der Waals surface area (Å²) < 4.78 is 42.0. The van der Waals surface area contributed by atoms with Gasteiger partial charge in [0.05, 0.1) is 17.6 Å². The topological polar surface area (TPSA) is 40.5 Å². The van der Waals surface area contributed by atoms with E-state index in [0.29, 0.717) is 5.52 Å². The molecule has 3 aromatic carbocycles. The zero-order valence-corrected chi connectivity index (χ0v) is 19.9. The maximum absolute atomic E-state index is 13.5. The number of nitrogens with one attached hydrogen (secondary N) is 1. The van der Waals surface area contributed by atoms with Gasteiger partial charge in [0.2, 0.25) is 0 Å². The molecule has 8 heteroatoms. The van der Waals surface area contributed by atoms with Gasteiger partial charge in [-0.25, -0.2) is 0 Å². The lowest BCUT2D eigenvalue weighted by Crippen LogP contribution is -2.44. The van der Waals surface area contributed by atoms with Crippen molar-refractivity contribution in [3.8, 4) is 0 Å². The Kier molecular flexibility index (Phi) is 6.45. The van der Waals surface area contributed by atoms with Crippen molar-refractivity contribution in [1.29, 1.82) is 0 Å². The van der Waals surface area contributed by atoms with Gasteiger partial charge in [-0.3, -0.25) is 4.79 Å². The number of hydrogen-bond donors (Lipinski definition) is 1. The summed E-state index contributed by atoms with van der Waals surface area (Å²) in [5.41, 5.74) is 2.34. The third-order valence-electron chi connectivity index (χ3n) is 6.67. The van der Waals surface area contributed by atoms with E-state index in [1.807, 2.05) is 24.3 Å². The molecule has 0 aliphatic carbocycles. The predicted molar refractivity (Wildman–Crippen MR) is 138 cm³/mol. The van der Waals surface area contributed by atoms with Gasteiger partial charge >= 0.3 is 6.18 Å². The lowest BCUT2D eigenvalue weighted by molar-refractivity contribution is -0.138. The summed E-state index contributed by atoms with van der Waals surface area (Å²) in [6, 6.07) is 22.2. The van der Waals surface area contributed by atoms with Crippen LogP contribution in [0, 0.1) is 0 Å². The molecular formula is C28H27F3N4O. The third-order valence-corrected chi connectivity index (χ3v) is 6.67. The van der Waals surface area contributed by atoms with Crippen molar-refractivity contribution in [2.45, 2.75) is 12.7 Å². The van der Waals surface area contributed by atoms with Crippen molar-refractivity contribution in [3.05, 3.63) is 100 Å². The van der Waals surface area contributed by atoms with Crippen LogP contribution in [0.25, 0.3) is 10.9 Å². The number of anilines is 3. The molecule has 4 aromatic rings. The molecule has 0 radical (unpaired) electrons. The number of aromatic nitrogens is 1. The van der Waals surface area contributed by atoms with Crippen LogP contribution in [0.1, 0.15) is 11.1 Å². The van der Waals surface area contributed by atoms with E-state index in [-0.39, 0.29) is 17.7 Å². The number of alkyl halides is 3. The molecular weight excluding hydrogens is 465 g/mol. The van der Waals surface area contributed by atoms with Crippen LogP contribution in [0.4, 0.5) is 30.2 Å². The molecule has 1 aromatic heterocycles. The van der Waals surface area contributed by atoms with E-state index in [2.05, 4.69) is 34.3 Å². The molecule has 36 heavy (non-hydrogen) atoms. The van der Waals surface area contributed by atoms with Crippen LogP contribution in [0.3, 0.4) is 0 Å². The summed E-state index contributed by atoms with van der Waals surface area (Å²) in [6.07, 6.45) is -4.49. The number of halogens is 3. The third kappa shape index (κ3) is 5.09. The van der Waals surface area contributed by atoms with E-state index in [4.69, 9.17) is 0 Å². The summed E-state index contributed by atoms with van der Waals surface area (Å²) in [6.45, 7) is 3.87. The Bertz CT molecular complexity index is 1420. The first-order valence-electron chi connectivity index (χ1n) is 11.9. The van der Waals surface area contributed by atoms with Crippen molar-refractivity contribution < 1.29 is 13.2 Å². The summed E-state index contributed by atoms with van der Waals surface area (Å²) in [4.78, 5) is 17.4. The van der Waals surface area contributed by atoms with Gasteiger partial charge in [-0.05, 0) is 66.5 Å². The molecule has 0 bridgehead atoms. The molecule has 0 spiro atoms. The number of nitrogens with zero attached hydrogens (tertiary/aromatic N) is 3. The first-order valence-corrected chi connectivity index (χ1v) is 11.9. The molecule has 186 valence electrons. The first kappa shape index (κ1) is 23.9. The van der Waals surface area contributed by atoms with Crippen LogP contribution in [0.15, 0.2) is 83.7 Å². The SMILES string of the molecule is CN1CCN(c2ccc(Nc3ccc4ccc(=O)n(Cc5ccccc5C(F)(F)F)c4c3)cc2)CC1. The first-order chi connectivity index (χ1) is 17.3. The second-order valence-corrected chi connectivity index (χ2v) is 9.15. The zero-order chi connectivity index (χ0) is 25.3. The quantitative estimate of drug-likeness (QED) is 0.396. The van der Waals surface area contributed by atoms with Crippen LogP contribution < -0.4 is 15.8 Å². The zero-order valence-electron chi connectivity index (χ0n) is 19.9. The van der Waals surface area contributed by atoms with Crippen molar-refractivity contribution >= 4 is 28.0 Å². The second kappa shape index (κ2) is 9.70. The number of pyridine rings is 1. The molecule has 1 saturated heterocycles. The maximum Gasteiger partial charge on any atom is 0.416 e. The summed E-state index contributed by atoms with van der Waals surface area (Å²) in [5, 5.41) is 4.13. The summed E-state index contributed by atoms with van der Waals surface area (Å²) in [7, 11) is 2.13. The Morgan fingerprint density at radius 3 is 2.22 bits per heavy atom. The highest BCUT2D eigenvalue weighted by atomic mass is 19.4. The minimum atomic E-state index is -4.49. The maximum atomic E-state index is 13.5. The Morgan fingerprint density at radius 2 is 1.50 bits per heavy atom. The molecule has 1 aliphatic heterocycles. The lowest BCUT2D eigenvalue weighted by Gasteiger charge is -2.34. The van der Waals surface area contributed by atoms with Gasteiger partial charge in [-0.15, -0.1) is 0 Å². The molecule has 1 aliphatic rings. The number of benzene rings is 3. The van der Waals surface area contributed by atoms with Crippen molar-refractivity contribution in [1.82, 2.24) is 9.47 Å². The van der Waals surface area contributed by atoms with E-state index in [9.17, 15) is 18.0 Å². The van der Waals surface area contributed by atoms with Gasteiger partial charge in [-0.1, -0.05) is 24.3 Å². The van der Waals surface area contributed by atoms with Crippen LogP contribution >= 0.6 is 0 Å². The fourth-order valence-corrected chi connectivity index (χ4v) is 4.62. The average Bonchev–Trinajstić information content (AvgIpc) is 2.86. The molecule has 1 fully saturated rings. The van der Waals surface area contributed by atoms with Gasteiger partial charge in [0, 0.05) is 49.3 Å². The largest absolute Gasteiger partial charge is 0.416 e. The van der Waals surface area contributed by atoms with Gasteiger partial charge in [0.1, 0.15) is 0 Å². The van der Waals surface area contributed by atoms with Crippen LogP contribution in [-0.4, -0.2) is 42.7 Å². The standard InChI is InChI=1S/C28H27F3N4O/c1-33-14-16-34(17-15-33)24-11-9-22(10-12-24)32-23-8-6-20-7-13-27(36)35(26(20)18-23)19-21-4-2-3-5-25(21)28(29,30)31/h2-13,18,32H,14-17,19H2,1H3. The Morgan fingerprint density at radius 1 is 0.833 bits per heavy atom. The van der Waals surface area contributed by atoms with Crippen LogP contribution in [-0.2, 0) is 12.7 Å². The summed E-state index contributed by atoms with van der Waals surface area (Å²) in [5.74, 6) is 0. The smallest absolute Gasteiger partial charge is 0.369 e. The van der Waals surface area contributed by atoms with E-state index < -0.39 is 11.7 Å². The molecule has 2 heterocycles. The van der Waals surface area contributed by atoms with E-state index in [1.54, 1.807) is 18.2 Å². The van der Waals surface area contributed by atoms with Gasteiger partial charge in [0.15, 0.2) is 0 Å². The molecule has 0 atom stereocenters. The monoisotopic (exact) mass is 492 g/mol. The molecule has 0 saturated carbocycles. The highest BCUT2D eigenvalue weighted by Gasteiger charge is 2.33. The predicted octanol–water partition coefficient (Wildman–Crippen LogP) is 5.56. The highest BCUT2D eigenvalue weighted by Crippen LogP contribution is 2.32. The van der Waals surface area contributed by atoms with E-state index in [0.717, 1.165) is 49.0 Å². The number of piperazine rings is 1. The Hall–Kier alpha value is -3.78. The average molecular weight is 493 g/mol. The van der Waals surface area contributed by atoms with Crippen LogP contribution in [0.2, 0.25) is 0 Å². The molecule has 0 amide bonds. The van der Waals surface area contributed by atoms with Crippen molar-refractivity contribution in [2.24, 2.45) is 0 Å². The van der Waals surface area contributed by atoms with Crippen molar-refractivity contribution in [2.75, 3.05) is 43.4 Å². The lowest BCUT2D eigenvalue weighted by atomic mass is 10.1. The molecule has 0 unspecified atom stereocenters. The highest BCUT2D eigenvalue weighted by molar-refractivity contribution is 5.84. The van der Waals surface area contributed by atoms with Crippen LogP contribution in [0.5, 0.6) is 0 Å². The van der Waals surface area contributed by atoms with E-state index >= 15 is 0 Å². The van der Waals surface area contributed by atoms with E-state index in [1.165, 1.54) is 28.5 Å². The number of rotatable bonds is 5. The fourth-order valence-electron chi connectivity index (χ4n) is 4.62. The van der Waals surface area contributed by atoms with Gasteiger partial charge in [0.25, 0.3) is 5.56 Å². The number of likely N-dealkylation sites (N-methyl/N-ethyl adjacent to an activating group) is 1. The summed E-state index contributed by atoms with van der Waals surface area (Å²) >= 11 is 0. The molecule has 1 N–H and O–H groups in total. The Balaban J connectivity index is 1.42. The normalized spacial score (nSPS) is 14.8. The second-order valence-electron chi connectivity index (χ2n) is 9.15. The van der Waals surface area contributed by atoms with Crippen molar-refractivity contribution in [3.63, 3.8) is 0 Å². The number of hydrogen-bond acceptors (Lipinski definition) is 4. The van der Waals surface area contributed by atoms with Gasteiger partial charge in [-0.2, -0.15) is 13.2 Å². The molecule has 5 nitrogen and oxygen atoms in total. The molecule has 5 rings (SSSR count). The van der Waals surface area contributed by atoms with Gasteiger partial charge < -0.3 is 19.7 Å². The Labute approximate surface area is 207 Å². The minimum absolute atomic E-state index is 0.0532. The minimum Gasteiger partial charge on any atom is -0.369 e. The fraction of sp³-hybridized carbons (Fsp3) is 0.250.